The molecule has 3 heterocycles. The van der Waals surface area contributed by atoms with Gasteiger partial charge in [0.2, 0.25) is 5.91 Å². The van der Waals surface area contributed by atoms with Crippen LogP contribution in [0.4, 0.5) is 5.13 Å². The number of nitrogens with zero attached hydrogens (tertiary/aromatic N) is 5. The monoisotopic (exact) mass is 426 g/mol. The van der Waals surface area contributed by atoms with Crippen molar-refractivity contribution < 1.29 is 4.79 Å². The van der Waals surface area contributed by atoms with Crippen molar-refractivity contribution in [2.24, 2.45) is 0 Å². The first-order valence-electron chi connectivity index (χ1n) is 10.3. The molecule has 2 aromatic heterocycles. The van der Waals surface area contributed by atoms with Crippen LogP contribution in [-0.4, -0.2) is 49.8 Å². The number of carbonyl (C=O) groups excluding carboxylic acids is 1. The van der Waals surface area contributed by atoms with E-state index in [9.17, 15) is 9.59 Å². The third-order valence-corrected chi connectivity index (χ3v) is 6.13. The summed E-state index contributed by atoms with van der Waals surface area (Å²) in [4.78, 5) is 31.3. The van der Waals surface area contributed by atoms with Gasteiger partial charge in [0.15, 0.2) is 5.13 Å². The molecule has 1 N–H and O–H groups in total. The summed E-state index contributed by atoms with van der Waals surface area (Å²) in [6, 6.07) is 9.92. The lowest BCUT2D eigenvalue weighted by atomic mass is 9.96. The lowest BCUT2D eigenvalue weighted by molar-refractivity contribution is -0.117. The van der Waals surface area contributed by atoms with Crippen LogP contribution in [0.25, 0.3) is 0 Å². The van der Waals surface area contributed by atoms with E-state index in [0.717, 1.165) is 37.3 Å². The Balaban J connectivity index is 1.38. The van der Waals surface area contributed by atoms with Crippen LogP contribution in [0.2, 0.25) is 0 Å². The molecule has 1 aliphatic rings. The van der Waals surface area contributed by atoms with E-state index in [1.807, 2.05) is 42.6 Å². The minimum absolute atomic E-state index is 0.0407. The highest BCUT2D eigenvalue weighted by atomic mass is 32.1. The number of rotatable bonds is 7. The summed E-state index contributed by atoms with van der Waals surface area (Å²) in [5.74, 6) is 1.05. The molecule has 0 atom stereocenters. The first kappa shape index (κ1) is 20.5. The van der Waals surface area contributed by atoms with Crippen molar-refractivity contribution in [1.29, 1.82) is 0 Å². The van der Waals surface area contributed by atoms with Crippen LogP contribution in [0.5, 0.6) is 0 Å². The lowest BCUT2D eigenvalue weighted by Crippen LogP contribution is -2.39. The van der Waals surface area contributed by atoms with Crippen LogP contribution in [0.3, 0.4) is 0 Å². The van der Waals surface area contributed by atoms with Crippen LogP contribution in [-0.2, 0) is 17.9 Å². The first-order valence-corrected chi connectivity index (χ1v) is 11.1. The van der Waals surface area contributed by atoms with Gasteiger partial charge in [0.25, 0.3) is 0 Å². The number of benzene rings is 1. The molecule has 1 saturated heterocycles. The summed E-state index contributed by atoms with van der Waals surface area (Å²) in [6.07, 6.45) is 3.44. The maximum absolute atomic E-state index is 12.8. The second-order valence-electron chi connectivity index (χ2n) is 7.46. The number of carbonyl (C=O) groups is 1. The van der Waals surface area contributed by atoms with Crippen molar-refractivity contribution in [3.05, 3.63) is 63.8 Å². The highest BCUT2D eigenvalue weighted by molar-refractivity contribution is 7.13. The van der Waals surface area contributed by atoms with Gasteiger partial charge >= 0.3 is 5.69 Å². The molecule has 0 bridgehead atoms. The molecule has 3 aromatic rings. The number of thiazole rings is 1. The zero-order chi connectivity index (χ0) is 20.9. The van der Waals surface area contributed by atoms with Crippen molar-refractivity contribution in [3.8, 4) is 0 Å². The molecular formula is C21H26N6O2S. The quantitative estimate of drug-likeness (QED) is 0.627. The van der Waals surface area contributed by atoms with Crippen LogP contribution in [0, 0.1) is 0 Å². The van der Waals surface area contributed by atoms with Crippen LogP contribution in [0.1, 0.15) is 37.1 Å². The average Bonchev–Trinajstić information content (AvgIpc) is 3.37. The van der Waals surface area contributed by atoms with Crippen molar-refractivity contribution >= 4 is 22.4 Å². The predicted octanol–water partition coefficient (Wildman–Crippen LogP) is 2.39. The molecular weight excluding hydrogens is 400 g/mol. The summed E-state index contributed by atoms with van der Waals surface area (Å²) in [6.45, 7) is 5.04. The minimum Gasteiger partial charge on any atom is -0.301 e. The van der Waals surface area contributed by atoms with Gasteiger partial charge in [-0.15, -0.1) is 11.3 Å². The van der Waals surface area contributed by atoms with E-state index in [-0.39, 0.29) is 17.5 Å². The Kier molecular flexibility index (Phi) is 6.39. The fraction of sp³-hybridized carbons (Fsp3) is 0.429. The third kappa shape index (κ3) is 4.68. The van der Waals surface area contributed by atoms with E-state index >= 15 is 0 Å². The van der Waals surface area contributed by atoms with Gasteiger partial charge in [-0.2, -0.15) is 5.10 Å². The van der Waals surface area contributed by atoms with Gasteiger partial charge in [0, 0.05) is 24.0 Å². The molecule has 158 valence electrons. The molecule has 9 heteroatoms. The van der Waals surface area contributed by atoms with Gasteiger partial charge in [0.1, 0.15) is 5.82 Å². The minimum atomic E-state index is -0.0541. The van der Waals surface area contributed by atoms with Gasteiger partial charge in [-0.3, -0.25) is 14.3 Å². The SMILES string of the molecule is CCn1c(C2CCN(CC(=O)Nc3nccs3)CC2)nn(Cc2ccccc2)c1=O. The Morgan fingerprint density at radius 2 is 2.00 bits per heavy atom. The van der Waals surface area contributed by atoms with Crippen molar-refractivity contribution in [3.63, 3.8) is 0 Å². The van der Waals surface area contributed by atoms with E-state index in [1.165, 1.54) is 11.3 Å². The van der Waals surface area contributed by atoms with Gasteiger partial charge < -0.3 is 5.32 Å². The highest BCUT2D eigenvalue weighted by Crippen LogP contribution is 2.26. The standard InChI is InChI=1S/C21H26N6O2S/c1-2-26-19(24-27(21(26)29)14-16-6-4-3-5-7-16)17-8-11-25(12-9-17)15-18(28)23-20-22-10-13-30-20/h3-7,10,13,17H,2,8-9,11-12,14-15H2,1H3,(H,22,23,28). The normalized spacial score (nSPS) is 15.4. The summed E-state index contributed by atoms with van der Waals surface area (Å²) >= 11 is 1.41. The molecule has 8 nitrogen and oxygen atoms in total. The molecule has 4 rings (SSSR count). The summed E-state index contributed by atoms with van der Waals surface area (Å²) < 4.78 is 3.36. The Morgan fingerprint density at radius 1 is 1.23 bits per heavy atom. The van der Waals surface area contributed by atoms with Gasteiger partial charge in [-0.05, 0) is 38.4 Å². The predicted molar refractivity (Wildman–Crippen MR) is 117 cm³/mol. The Morgan fingerprint density at radius 3 is 2.67 bits per heavy atom. The number of piperidine rings is 1. The average molecular weight is 427 g/mol. The molecule has 0 radical (unpaired) electrons. The molecule has 0 aliphatic carbocycles. The molecule has 30 heavy (non-hydrogen) atoms. The van der Waals surface area contributed by atoms with E-state index in [0.29, 0.717) is 24.8 Å². The topological polar surface area (TPSA) is 85.1 Å². The lowest BCUT2D eigenvalue weighted by Gasteiger charge is -2.30. The summed E-state index contributed by atoms with van der Waals surface area (Å²) in [7, 11) is 0. The highest BCUT2D eigenvalue weighted by Gasteiger charge is 2.27. The number of likely N-dealkylation sites (tertiary alicyclic amines) is 1. The van der Waals surface area contributed by atoms with Gasteiger partial charge in [-0.1, -0.05) is 30.3 Å². The Labute approximate surface area is 179 Å². The smallest absolute Gasteiger partial charge is 0.301 e. The van der Waals surface area contributed by atoms with E-state index < -0.39 is 0 Å². The molecule has 1 aromatic carbocycles. The second kappa shape index (κ2) is 9.36. The molecule has 0 spiro atoms. The van der Waals surface area contributed by atoms with Gasteiger partial charge in [-0.25, -0.2) is 14.5 Å². The van der Waals surface area contributed by atoms with Crippen LogP contribution < -0.4 is 11.0 Å². The maximum atomic E-state index is 12.8. The van der Waals surface area contributed by atoms with Crippen LogP contribution >= 0.6 is 11.3 Å². The molecule has 1 amide bonds. The molecule has 1 fully saturated rings. The second-order valence-corrected chi connectivity index (χ2v) is 8.36. The molecule has 0 saturated carbocycles. The molecule has 0 unspecified atom stereocenters. The summed E-state index contributed by atoms with van der Waals surface area (Å²) in [5.41, 5.74) is 1.01. The van der Waals surface area contributed by atoms with Gasteiger partial charge in [0.05, 0.1) is 13.1 Å². The Hall–Kier alpha value is -2.78. The third-order valence-electron chi connectivity index (χ3n) is 5.44. The van der Waals surface area contributed by atoms with E-state index in [2.05, 4.69) is 15.2 Å². The zero-order valence-electron chi connectivity index (χ0n) is 17.0. The van der Waals surface area contributed by atoms with Crippen molar-refractivity contribution in [2.75, 3.05) is 25.0 Å². The number of anilines is 1. The number of aromatic nitrogens is 4. The Bertz CT molecular complexity index is 1020. The number of amides is 1. The van der Waals surface area contributed by atoms with Crippen molar-refractivity contribution in [2.45, 2.75) is 38.8 Å². The first-order chi connectivity index (χ1) is 14.6. The van der Waals surface area contributed by atoms with Crippen molar-refractivity contribution in [1.82, 2.24) is 24.2 Å². The zero-order valence-corrected chi connectivity index (χ0v) is 17.8. The largest absolute Gasteiger partial charge is 0.346 e. The number of hydrogen-bond acceptors (Lipinski definition) is 6. The summed E-state index contributed by atoms with van der Waals surface area (Å²) in [5, 5.41) is 10.00. The number of hydrogen-bond donors (Lipinski definition) is 1. The van der Waals surface area contributed by atoms with E-state index in [4.69, 9.17) is 5.10 Å². The molecule has 1 aliphatic heterocycles. The maximum Gasteiger partial charge on any atom is 0.346 e. The van der Waals surface area contributed by atoms with E-state index in [1.54, 1.807) is 15.4 Å². The number of nitrogens with one attached hydrogen (secondary N) is 1. The van der Waals surface area contributed by atoms with Crippen LogP contribution in [0.15, 0.2) is 46.7 Å². The fourth-order valence-electron chi connectivity index (χ4n) is 3.91. The fourth-order valence-corrected chi connectivity index (χ4v) is 4.46.